The molecule has 2 saturated heterocycles. The van der Waals surface area contributed by atoms with E-state index in [2.05, 4.69) is 17.4 Å². The van der Waals surface area contributed by atoms with Crippen molar-refractivity contribution in [2.24, 2.45) is 5.92 Å². The quantitative estimate of drug-likeness (QED) is 0.859. The van der Waals surface area contributed by atoms with Crippen molar-refractivity contribution in [3.8, 4) is 0 Å². The van der Waals surface area contributed by atoms with Crippen molar-refractivity contribution in [1.29, 1.82) is 0 Å². The van der Waals surface area contributed by atoms with E-state index in [4.69, 9.17) is 9.47 Å². The normalized spacial score (nSPS) is 26.4. The summed E-state index contributed by atoms with van der Waals surface area (Å²) in [4.78, 5) is 14.4. The van der Waals surface area contributed by atoms with Crippen LogP contribution in [0.3, 0.4) is 0 Å². The zero-order valence-electron chi connectivity index (χ0n) is 15.2. The highest BCUT2D eigenvalue weighted by Gasteiger charge is 2.28. The first-order valence-corrected chi connectivity index (χ1v) is 9.59. The summed E-state index contributed by atoms with van der Waals surface area (Å²) >= 11 is 0. The maximum atomic E-state index is 12.6. The van der Waals surface area contributed by atoms with E-state index in [-0.39, 0.29) is 18.2 Å². The van der Waals surface area contributed by atoms with Gasteiger partial charge in [0.1, 0.15) is 0 Å². The predicted octanol–water partition coefficient (Wildman–Crippen LogP) is 3.36. The fraction of sp³-hybridized carbons (Fsp3) is 0.650. The third-order valence-electron chi connectivity index (χ3n) is 5.21. The van der Waals surface area contributed by atoms with Crippen LogP contribution in [0.4, 0.5) is 4.79 Å². The summed E-state index contributed by atoms with van der Waals surface area (Å²) in [7, 11) is 0. The number of rotatable bonds is 6. The molecule has 25 heavy (non-hydrogen) atoms. The summed E-state index contributed by atoms with van der Waals surface area (Å²) in [6.45, 7) is 5.68. The first-order valence-electron chi connectivity index (χ1n) is 9.59. The van der Waals surface area contributed by atoms with E-state index in [0.717, 1.165) is 38.9 Å². The summed E-state index contributed by atoms with van der Waals surface area (Å²) in [5.74, 6) is 0.321. The van der Waals surface area contributed by atoms with Crippen LogP contribution < -0.4 is 5.32 Å². The molecule has 0 aromatic heterocycles. The number of ether oxygens (including phenoxy) is 2. The Balaban J connectivity index is 1.53. The van der Waals surface area contributed by atoms with E-state index in [1.54, 1.807) is 0 Å². The summed E-state index contributed by atoms with van der Waals surface area (Å²) in [5.41, 5.74) is 1.20. The second kappa shape index (κ2) is 9.20. The second-order valence-corrected chi connectivity index (χ2v) is 6.96. The van der Waals surface area contributed by atoms with Crippen LogP contribution >= 0.6 is 0 Å². The number of urea groups is 1. The molecule has 1 aromatic rings. The average Bonchev–Trinajstić information content (AvgIpc) is 3.18. The van der Waals surface area contributed by atoms with E-state index in [0.29, 0.717) is 25.6 Å². The average molecular weight is 346 g/mol. The summed E-state index contributed by atoms with van der Waals surface area (Å²) in [5, 5.41) is 3.13. The van der Waals surface area contributed by atoms with E-state index in [1.807, 2.05) is 30.0 Å². The topological polar surface area (TPSA) is 50.8 Å². The number of carbonyl (C=O) groups is 1. The lowest BCUT2D eigenvalue weighted by Crippen LogP contribution is -2.46. The van der Waals surface area contributed by atoms with Gasteiger partial charge in [0.15, 0.2) is 0 Å². The zero-order valence-corrected chi connectivity index (χ0v) is 15.2. The number of benzene rings is 1. The Morgan fingerprint density at radius 1 is 1.16 bits per heavy atom. The Morgan fingerprint density at radius 2 is 1.92 bits per heavy atom. The van der Waals surface area contributed by atoms with Gasteiger partial charge < -0.3 is 19.7 Å². The van der Waals surface area contributed by atoms with Gasteiger partial charge in [0.25, 0.3) is 0 Å². The zero-order chi connectivity index (χ0) is 17.5. The number of hydrogen-bond donors (Lipinski definition) is 1. The molecular formula is C20H30N2O3. The maximum absolute atomic E-state index is 12.6. The minimum atomic E-state index is 0.00962. The van der Waals surface area contributed by atoms with Gasteiger partial charge in [0.05, 0.1) is 12.2 Å². The van der Waals surface area contributed by atoms with Gasteiger partial charge in [-0.25, -0.2) is 4.79 Å². The van der Waals surface area contributed by atoms with Gasteiger partial charge >= 0.3 is 6.03 Å². The Hall–Kier alpha value is -1.59. The maximum Gasteiger partial charge on any atom is 0.317 e. The van der Waals surface area contributed by atoms with E-state index >= 15 is 0 Å². The molecule has 1 aromatic carbocycles. The molecule has 2 fully saturated rings. The van der Waals surface area contributed by atoms with Crippen LogP contribution in [0.15, 0.2) is 30.3 Å². The molecule has 0 radical (unpaired) electrons. The van der Waals surface area contributed by atoms with Gasteiger partial charge in [-0.3, -0.25) is 0 Å². The molecular weight excluding hydrogens is 316 g/mol. The number of hydrogen-bond acceptors (Lipinski definition) is 3. The van der Waals surface area contributed by atoms with Crippen LogP contribution in [0.1, 0.15) is 44.3 Å². The van der Waals surface area contributed by atoms with Crippen molar-refractivity contribution in [2.75, 3.05) is 32.8 Å². The predicted molar refractivity (Wildman–Crippen MR) is 97.5 cm³/mol. The molecule has 5 heteroatoms. The minimum absolute atomic E-state index is 0.00962. The van der Waals surface area contributed by atoms with Crippen molar-refractivity contribution in [1.82, 2.24) is 10.2 Å². The van der Waals surface area contributed by atoms with Crippen LogP contribution in [0.5, 0.6) is 0 Å². The second-order valence-electron chi connectivity index (χ2n) is 6.96. The smallest absolute Gasteiger partial charge is 0.317 e. The lowest BCUT2D eigenvalue weighted by molar-refractivity contribution is -0.0272. The van der Waals surface area contributed by atoms with E-state index in [1.165, 1.54) is 5.56 Å². The third-order valence-corrected chi connectivity index (χ3v) is 5.21. The molecule has 0 unspecified atom stereocenters. The summed E-state index contributed by atoms with van der Waals surface area (Å²) < 4.78 is 11.7. The molecule has 2 amide bonds. The molecule has 138 valence electrons. The Morgan fingerprint density at radius 3 is 2.64 bits per heavy atom. The largest absolute Gasteiger partial charge is 0.376 e. The molecule has 0 saturated carbocycles. The van der Waals surface area contributed by atoms with Crippen molar-refractivity contribution < 1.29 is 14.3 Å². The number of nitrogens with one attached hydrogen (secondary N) is 1. The third kappa shape index (κ3) is 4.95. The van der Waals surface area contributed by atoms with Crippen LogP contribution in [-0.4, -0.2) is 49.9 Å². The molecule has 0 bridgehead atoms. The highest BCUT2D eigenvalue weighted by molar-refractivity contribution is 5.74. The molecule has 5 nitrogen and oxygen atoms in total. The van der Waals surface area contributed by atoms with Crippen molar-refractivity contribution in [3.63, 3.8) is 0 Å². The SMILES string of the molecule is CCN(C[C@@H]1CCCO1)C(=O)NC[C@@H]1CCCO[C@@H]1c1ccccc1. The Bertz CT molecular complexity index is 531. The van der Waals surface area contributed by atoms with Gasteiger partial charge in [-0.2, -0.15) is 0 Å². The Labute approximate surface area is 150 Å². The fourth-order valence-corrected chi connectivity index (χ4v) is 3.78. The minimum Gasteiger partial charge on any atom is -0.376 e. The molecule has 0 spiro atoms. The number of amides is 2. The van der Waals surface area contributed by atoms with Crippen molar-refractivity contribution >= 4 is 6.03 Å². The molecule has 1 N–H and O–H groups in total. The molecule has 0 aliphatic carbocycles. The molecule has 3 rings (SSSR count). The van der Waals surface area contributed by atoms with Gasteiger partial charge in [-0.05, 0) is 38.2 Å². The van der Waals surface area contributed by atoms with E-state index in [9.17, 15) is 4.79 Å². The van der Waals surface area contributed by atoms with Crippen LogP contribution in [0.25, 0.3) is 0 Å². The summed E-state index contributed by atoms with van der Waals surface area (Å²) in [6, 6.07) is 10.3. The Kier molecular flexibility index (Phi) is 6.70. The van der Waals surface area contributed by atoms with Crippen LogP contribution in [-0.2, 0) is 9.47 Å². The van der Waals surface area contributed by atoms with Gasteiger partial charge in [0, 0.05) is 38.8 Å². The first kappa shape index (κ1) is 18.2. The van der Waals surface area contributed by atoms with Gasteiger partial charge in [0.2, 0.25) is 0 Å². The van der Waals surface area contributed by atoms with Crippen LogP contribution in [0, 0.1) is 5.92 Å². The van der Waals surface area contributed by atoms with Crippen LogP contribution in [0.2, 0.25) is 0 Å². The van der Waals surface area contributed by atoms with Gasteiger partial charge in [-0.15, -0.1) is 0 Å². The monoisotopic (exact) mass is 346 g/mol. The molecule has 2 aliphatic rings. The first-order chi connectivity index (χ1) is 12.3. The highest BCUT2D eigenvalue weighted by Crippen LogP contribution is 2.33. The lowest BCUT2D eigenvalue weighted by atomic mass is 9.89. The van der Waals surface area contributed by atoms with E-state index < -0.39 is 0 Å². The van der Waals surface area contributed by atoms with Crippen molar-refractivity contribution in [2.45, 2.75) is 44.8 Å². The number of carbonyl (C=O) groups excluding carboxylic acids is 1. The lowest BCUT2D eigenvalue weighted by Gasteiger charge is -2.33. The standard InChI is InChI=1S/C20H30N2O3/c1-2-22(15-18-11-7-12-24-18)20(23)21-14-17-10-6-13-25-19(17)16-8-4-3-5-9-16/h3-5,8-9,17-19H,2,6-7,10-15H2,1H3,(H,21,23)/t17-,18-,19+/m0/s1. The summed E-state index contributed by atoms with van der Waals surface area (Å²) in [6.07, 6.45) is 4.55. The van der Waals surface area contributed by atoms with Gasteiger partial charge in [-0.1, -0.05) is 30.3 Å². The van der Waals surface area contributed by atoms with Crippen molar-refractivity contribution in [3.05, 3.63) is 35.9 Å². The number of nitrogens with zero attached hydrogens (tertiary/aromatic N) is 1. The fourth-order valence-electron chi connectivity index (χ4n) is 3.78. The molecule has 3 atom stereocenters. The highest BCUT2D eigenvalue weighted by atomic mass is 16.5. The molecule has 2 aliphatic heterocycles. The number of likely N-dealkylation sites (N-methyl/N-ethyl adjacent to an activating group) is 1. The molecule has 2 heterocycles.